The topological polar surface area (TPSA) is 66.6 Å². The van der Waals surface area contributed by atoms with Crippen LogP contribution in [0.1, 0.15) is 12.8 Å². The lowest BCUT2D eigenvalue weighted by Gasteiger charge is -2.33. The van der Waals surface area contributed by atoms with Crippen LogP contribution in [0, 0.1) is 16.0 Å². The molecule has 0 unspecified atom stereocenters. The third kappa shape index (κ3) is 2.74. The van der Waals surface area contributed by atoms with Crippen molar-refractivity contribution >= 4 is 11.4 Å². The van der Waals surface area contributed by atoms with Crippen LogP contribution in [-0.4, -0.2) is 29.7 Å². The molecule has 1 saturated heterocycles. The summed E-state index contributed by atoms with van der Waals surface area (Å²) in [6.07, 6.45) is 2.11. The van der Waals surface area contributed by atoms with Gasteiger partial charge < -0.3 is 10.0 Å². The van der Waals surface area contributed by atoms with Crippen molar-refractivity contribution in [1.29, 1.82) is 0 Å². The molecule has 1 fully saturated rings. The molecule has 5 nitrogen and oxygen atoms in total. The maximum absolute atomic E-state index is 10.5. The van der Waals surface area contributed by atoms with Crippen molar-refractivity contribution in [3.63, 3.8) is 0 Å². The monoisotopic (exact) mass is 236 g/mol. The fourth-order valence-corrected chi connectivity index (χ4v) is 2.23. The standard InChI is InChI=1S/C12H16N2O3/c15-9-10-2-1-7-13(8-10)11-3-5-12(6-4-11)14(16)17/h3-6,10,15H,1-2,7-9H2/t10-/m1/s1. The molecular weight excluding hydrogens is 220 g/mol. The molecular formula is C12H16N2O3. The van der Waals surface area contributed by atoms with Gasteiger partial charge in [0.15, 0.2) is 0 Å². The van der Waals surface area contributed by atoms with Gasteiger partial charge in [0.25, 0.3) is 5.69 Å². The van der Waals surface area contributed by atoms with E-state index in [1.54, 1.807) is 12.1 Å². The Bertz CT molecular complexity index is 391. The molecule has 17 heavy (non-hydrogen) atoms. The lowest BCUT2D eigenvalue weighted by atomic mass is 9.98. The summed E-state index contributed by atoms with van der Waals surface area (Å²) in [5, 5.41) is 19.7. The highest BCUT2D eigenvalue weighted by Crippen LogP contribution is 2.24. The normalized spacial score (nSPS) is 20.3. The first-order valence-electron chi connectivity index (χ1n) is 5.81. The molecule has 1 aliphatic rings. The van der Waals surface area contributed by atoms with E-state index in [0.29, 0.717) is 5.92 Å². The number of hydrogen-bond acceptors (Lipinski definition) is 4. The van der Waals surface area contributed by atoms with Crippen LogP contribution in [0.5, 0.6) is 0 Å². The van der Waals surface area contributed by atoms with Gasteiger partial charge in [-0.05, 0) is 30.9 Å². The molecule has 0 amide bonds. The van der Waals surface area contributed by atoms with Crippen LogP contribution < -0.4 is 4.90 Å². The molecule has 0 saturated carbocycles. The Morgan fingerprint density at radius 3 is 2.71 bits per heavy atom. The highest BCUT2D eigenvalue weighted by Gasteiger charge is 2.19. The molecule has 0 radical (unpaired) electrons. The van der Waals surface area contributed by atoms with Crippen molar-refractivity contribution < 1.29 is 10.0 Å². The van der Waals surface area contributed by atoms with Crippen molar-refractivity contribution in [3.05, 3.63) is 34.4 Å². The first-order valence-corrected chi connectivity index (χ1v) is 5.81. The van der Waals surface area contributed by atoms with Crippen LogP contribution in [0.15, 0.2) is 24.3 Å². The van der Waals surface area contributed by atoms with E-state index in [4.69, 9.17) is 5.11 Å². The smallest absolute Gasteiger partial charge is 0.269 e. The molecule has 1 aliphatic heterocycles. The van der Waals surface area contributed by atoms with Gasteiger partial charge in [0, 0.05) is 37.5 Å². The summed E-state index contributed by atoms with van der Waals surface area (Å²) in [5.74, 6) is 0.318. The van der Waals surface area contributed by atoms with Crippen molar-refractivity contribution in [2.45, 2.75) is 12.8 Å². The summed E-state index contributed by atoms with van der Waals surface area (Å²) >= 11 is 0. The Morgan fingerprint density at radius 1 is 1.41 bits per heavy atom. The molecule has 0 aliphatic carbocycles. The summed E-state index contributed by atoms with van der Waals surface area (Å²) in [6, 6.07) is 6.60. The van der Waals surface area contributed by atoms with Gasteiger partial charge in [0.05, 0.1) is 4.92 Å². The number of anilines is 1. The molecule has 1 atom stereocenters. The predicted molar refractivity (Wildman–Crippen MR) is 65.1 cm³/mol. The zero-order chi connectivity index (χ0) is 12.3. The molecule has 2 rings (SSSR count). The predicted octanol–water partition coefficient (Wildman–Crippen LogP) is 1.80. The van der Waals surface area contributed by atoms with Crippen molar-refractivity contribution in [3.8, 4) is 0 Å². The summed E-state index contributed by atoms with van der Waals surface area (Å²) in [5.41, 5.74) is 1.11. The maximum Gasteiger partial charge on any atom is 0.269 e. The fourth-order valence-electron chi connectivity index (χ4n) is 2.23. The number of nitro groups is 1. The number of nitro benzene ring substituents is 1. The number of benzene rings is 1. The summed E-state index contributed by atoms with van der Waals surface area (Å²) in [7, 11) is 0. The van der Waals surface area contributed by atoms with Gasteiger partial charge in [-0.15, -0.1) is 0 Å². The van der Waals surface area contributed by atoms with Gasteiger partial charge in [0.2, 0.25) is 0 Å². The number of rotatable bonds is 3. The van der Waals surface area contributed by atoms with Gasteiger partial charge >= 0.3 is 0 Å². The third-order valence-corrected chi connectivity index (χ3v) is 3.20. The Morgan fingerprint density at radius 2 is 2.12 bits per heavy atom. The van der Waals surface area contributed by atoms with E-state index in [-0.39, 0.29) is 12.3 Å². The molecule has 5 heteroatoms. The van der Waals surface area contributed by atoms with Crippen molar-refractivity contribution in [2.24, 2.45) is 5.92 Å². The van der Waals surface area contributed by atoms with E-state index in [2.05, 4.69) is 4.90 Å². The van der Waals surface area contributed by atoms with Crippen molar-refractivity contribution in [1.82, 2.24) is 0 Å². The summed E-state index contributed by atoms with van der Waals surface area (Å²) < 4.78 is 0. The minimum atomic E-state index is -0.392. The maximum atomic E-state index is 10.5. The first kappa shape index (κ1) is 11.9. The molecule has 1 aromatic carbocycles. The van der Waals surface area contributed by atoms with E-state index in [0.717, 1.165) is 31.6 Å². The molecule has 1 N–H and O–H groups in total. The number of nitrogens with zero attached hydrogens (tertiary/aromatic N) is 2. The molecule has 0 spiro atoms. The molecule has 0 bridgehead atoms. The Labute approximate surface area is 99.8 Å². The second kappa shape index (κ2) is 5.14. The lowest BCUT2D eigenvalue weighted by molar-refractivity contribution is -0.384. The quantitative estimate of drug-likeness (QED) is 0.642. The number of hydrogen-bond donors (Lipinski definition) is 1. The minimum Gasteiger partial charge on any atom is -0.396 e. The second-order valence-corrected chi connectivity index (χ2v) is 4.41. The zero-order valence-corrected chi connectivity index (χ0v) is 9.58. The van der Waals surface area contributed by atoms with E-state index in [1.165, 1.54) is 12.1 Å². The number of aliphatic hydroxyl groups excluding tert-OH is 1. The van der Waals surface area contributed by atoms with Crippen LogP contribution in [0.4, 0.5) is 11.4 Å². The van der Waals surface area contributed by atoms with Gasteiger partial charge in [0.1, 0.15) is 0 Å². The van der Waals surface area contributed by atoms with Crippen molar-refractivity contribution in [2.75, 3.05) is 24.6 Å². The molecule has 1 aromatic rings. The lowest BCUT2D eigenvalue weighted by Crippen LogP contribution is -2.36. The van der Waals surface area contributed by atoms with Gasteiger partial charge in [-0.25, -0.2) is 0 Å². The third-order valence-electron chi connectivity index (χ3n) is 3.20. The molecule has 92 valence electrons. The van der Waals surface area contributed by atoms with Crippen LogP contribution in [-0.2, 0) is 0 Å². The summed E-state index contributed by atoms with van der Waals surface area (Å²) in [6.45, 7) is 1.99. The van der Waals surface area contributed by atoms with E-state index in [1.807, 2.05) is 0 Å². The number of non-ortho nitro benzene ring substituents is 1. The van der Waals surface area contributed by atoms with E-state index in [9.17, 15) is 10.1 Å². The van der Waals surface area contributed by atoms with Crippen LogP contribution in [0.3, 0.4) is 0 Å². The minimum absolute atomic E-state index is 0.115. The van der Waals surface area contributed by atoms with Crippen LogP contribution >= 0.6 is 0 Å². The largest absolute Gasteiger partial charge is 0.396 e. The number of piperidine rings is 1. The van der Waals surface area contributed by atoms with E-state index >= 15 is 0 Å². The SMILES string of the molecule is O=[N+]([O-])c1ccc(N2CCC[C@@H](CO)C2)cc1. The number of aliphatic hydroxyl groups is 1. The highest BCUT2D eigenvalue weighted by atomic mass is 16.6. The van der Waals surface area contributed by atoms with Crippen LogP contribution in [0.2, 0.25) is 0 Å². The summed E-state index contributed by atoms with van der Waals surface area (Å²) in [4.78, 5) is 12.3. The Balaban J connectivity index is 2.08. The Hall–Kier alpha value is -1.62. The average Bonchev–Trinajstić information content (AvgIpc) is 2.39. The Kier molecular flexibility index (Phi) is 3.58. The zero-order valence-electron chi connectivity index (χ0n) is 9.58. The molecule has 0 aromatic heterocycles. The second-order valence-electron chi connectivity index (χ2n) is 4.41. The van der Waals surface area contributed by atoms with Crippen LogP contribution in [0.25, 0.3) is 0 Å². The first-order chi connectivity index (χ1) is 8.20. The average molecular weight is 236 g/mol. The van der Waals surface area contributed by atoms with Gasteiger partial charge in [-0.1, -0.05) is 0 Å². The van der Waals surface area contributed by atoms with E-state index < -0.39 is 4.92 Å². The highest BCUT2D eigenvalue weighted by molar-refractivity contribution is 5.51. The van der Waals surface area contributed by atoms with Gasteiger partial charge in [-0.2, -0.15) is 0 Å². The fraction of sp³-hybridized carbons (Fsp3) is 0.500. The van der Waals surface area contributed by atoms with Gasteiger partial charge in [-0.3, -0.25) is 10.1 Å². The molecule has 1 heterocycles.